The average Bonchev–Trinajstić information content (AvgIpc) is 2.77. The van der Waals surface area contributed by atoms with Gasteiger partial charge in [-0.05, 0) is 31.1 Å². The van der Waals surface area contributed by atoms with Crippen molar-refractivity contribution >= 4 is 17.7 Å². The maximum absolute atomic E-state index is 13.2. The number of amides is 1. The number of fused-ring (bicyclic) bond motifs is 2. The Kier molecular flexibility index (Phi) is 3.21. The molecule has 3 rings (SSSR count). The molecule has 2 saturated carbocycles. The molecule has 1 saturated heterocycles. The lowest BCUT2D eigenvalue weighted by Crippen LogP contribution is -2.52. The molecule has 2 aliphatic carbocycles. The minimum absolute atomic E-state index is 0.0121. The Morgan fingerprint density at radius 2 is 1.91 bits per heavy atom. The summed E-state index contributed by atoms with van der Waals surface area (Å²) in [5, 5.41) is 9.23. The van der Waals surface area contributed by atoms with Crippen LogP contribution in [0.2, 0.25) is 0 Å². The summed E-state index contributed by atoms with van der Waals surface area (Å²) in [7, 11) is 0. The molecule has 0 unspecified atom stereocenters. The summed E-state index contributed by atoms with van der Waals surface area (Å²) in [6.07, 6.45) is 3.19. The molecular weight excluding hydrogens is 282 g/mol. The van der Waals surface area contributed by atoms with Crippen LogP contribution in [0.5, 0.6) is 0 Å². The van der Waals surface area contributed by atoms with E-state index in [0.29, 0.717) is 19.4 Å². The molecule has 22 heavy (non-hydrogen) atoms. The highest BCUT2D eigenvalue weighted by Crippen LogP contribution is 2.71. The highest BCUT2D eigenvalue weighted by atomic mass is 16.4. The third-order valence-corrected chi connectivity index (χ3v) is 7.17. The van der Waals surface area contributed by atoms with Crippen LogP contribution >= 0.6 is 0 Å². The maximum atomic E-state index is 13.2. The standard InChI is InChI=1S/C17H25NO4/c1-15(2)16(3)6-7-17(15,9-12(16)19)14(22)18-8-4-5-11(10-18)13(20)21/h11H,4-10H2,1-3H3,(H,20,21)/t11-,16+,17+/m1/s1. The van der Waals surface area contributed by atoms with Crippen LogP contribution in [0.3, 0.4) is 0 Å². The first-order valence-electron chi connectivity index (χ1n) is 8.21. The van der Waals surface area contributed by atoms with Crippen LogP contribution in [0, 0.1) is 22.2 Å². The zero-order valence-electron chi connectivity index (χ0n) is 13.6. The number of ketones is 1. The summed E-state index contributed by atoms with van der Waals surface area (Å²) >= 11 is 0. The first kappa shape index (κ1) is 15.5. The van der Waals surface area contributed by atoms with Gasteiger partial charge in [-0.25, -0.2) is 0 Å². The van der Waals surface area contributed by atoms with Gasteiger partial charge in [0, 0.05) is 24.9 Å². The molecule has 5 nitrogen and oxygen atoms in total. The minimum Gasteiger partial charge on any atom is -0.481 e. The van der Waals surface area contributed by atoms with E-state index in [9.17, 15) is 19.5 Å². The van der Waals surface area contributed by atoms with Crippen LogP contribution < -0.4 is 0 Å². The number of piperidine rings is 1. The van der Waals surface area contributed by atoms with E-state index < -0.39 is 22.7 Å². The summed E-state index contributed by atoms with van der Waals surface area (Å²) < 4.78 is 0. The van der Waals surface area contributed by atoms with E-state index in [2.05, 4.69) is 0 Å². The van der Waals surface area contributed by atoms with E-state index in [-0.39, 0.29) is 23.7 Å². The van der Waals surface area contributed by atoms with Gasteiger partial charge in [0.2, 0.25) is 5.91 Å². The Hall–Kier alpha value is -1.39. The molecule has 122 valence electrons. The SMILES string of the molecule is CC1(C)[C@@]2(C(=O)N3CCC[C@@H](C(=O)O)C3)CC[C@@]1(C)C(=O)C2. The van der Waals surface area contributed by atoms with Crippen molar-refractivity contribution < 1.29 is 19.5 Å². The number of carbonyl (C=O) groups excluding carboxylic acids is 2. The smallest absolute Gasteiger partial charge is 0.308 e. The zero-order chi connectivity index (χ0) is 16.3. The molecule has 0 radical (unpaired) electrons. The van der Waals surface area contributed by atoms with Crippen LogP contribution in [0.15, 0.2) is 0 Å². The molecule has 2 bridgehead atoms. The molecule has 1 amide bonds. The van der Waals surface area contributed by atoms with Crippen molar-refractivity contribution in [3.63, 3.8) is 0 Å². The number of likely N-dealkylation sites (tertiary alicyclic amines) is 1. The topological polar surface area (TPSA) is 74.7 Å². The Labute approximate surface area is 131 Å². The van der Waals surface area contributed by atoms with E-state index in [1.807, 2.05) is 20.8 Å². The number of hydrogen-bond acceptors (Lipinski definition) is 3. The van der Waals surface area contributed by atoms with Gasteiger partial charge in [0.05, 0.1) is 11.3 Å². The largest absolute Gasteiger partial charge is 0.481 e. The second kappa shape index (κ2) is 4.56. The molecule has 0 aromatic rings. The van der Waals surface area contributed by atoms with Crippen molar-refractivity contribution in [2.24, 2.45) is 22.2 Å². The highest BCUT2D eigenvalue weighted by Gasteiger charge is 2.73. The quantitative estimate of drug-likeness (QED) is 0.847. The predicted octanol–water partition coefficient (Wildman–Crippen LogP) is 2.10. The molecule has 3 atom stereocenters. The lowest BCUT2D eigenvalue weighted by Gasteiger charge is -2.43. The molecule has 3 aliphatic rings. The number of carboxylic acids is 1. The number of nitrogens with zero attached hydrogens (tertiary/aromatic N) is 1. The molecule has 3 fully saturated rings. The van der Waals surface area contributed by atoms with Gasteiger partial charge < -0.3 is 10.0 Å². The number of carboxylic acid groups (broad SMARTS) is 1. The van der Waals surface area contributed by atoms with Crippen molar-refractivity contribution in [2.45, 2.75) is 52.9 Å². The van der Waals surface area contributed by atoms with Crippen molar-refractivity contribution in [3.8, 4) is 0 Å². The van der Waals surface area contributed by atoms with Gasteiger partial charge in [-0.3, -0.25) is 14.4 Å². The van der Waals surface area contributed by atoms with Crippen molar-refractivity contribution in [3.05, 3.63) is 0 Å². The van der Waals surface area contributed by atoms with Crippen LogP contribution in [0.4, 0.5) is 0 Å². The highest BCUT2D eigenvalue weighted by molar-refractivity contribution is 5.99. The summed E-state index contributed by atoms with van der Waals surface area (Å²) in [6.45, 7) is 6.98. The summed E-state index contributed by atoms with van der Waals surface area (Å²) in [6, 6.07) is 0. The fraction of sp³-hybridized carbons (Fsp3) is 0.824. The van der Waals surface area contributed by atoms with E-state index in [1.54, 1.807) is 4.90 Å². The summed E-state index contributed by atoms with van der Waals surface area (Å²) in [4.78, 5) is 38.7. The van der Waals surface area contributed by atoms with E-state index >= 15 is 0 Å². The van der Waals surface area contributed by atoms with Gasteiger partial charge in [0.25, 0.3) is 0 Å². The molecule has 1 N–H and O–H groups in total. The van der Waals surface area contributed by atoms with Gasteiger partial charge in [-0.1, -0.05) is 20.8 Å². The van der Waals surface area contributed by atoms with E-state index in [0.717, 1.165) is 19.3 Å². The molecule has 1 aliphatic heterocycles. The maximum Gasteiger partial charge on any atom is 0.308 e. The number of hydrogen-bond donors (Lipinski definition) is 1. The normalized spacial score (nSPS) is 40.0. The fourth-order valence-corrected chi connectivity index (χ4v) is 5.00. The molecule has 0 aromatic heterocycles. The third kappa shape index (κ3) is 1.68. The number of Topliss-reactive ketones (excluding diaryl/α,β-unsaturated/α-hetero) is 1. The average molecular weight is 307 g/mol. The number of rotatable bonds is 2. The Morgan fingerprint density at radius 1 is 1.23 bits per heavy atom. The van der Waals surface area contributed by atoms with Gasteiger partial charge in [-0.15, -0.1) is 0 Å². The number of carbonyl (C=O) groups is 3. The van der Waals surface area contributed by atoms with E-state index in [1.165, 1.54) is 0 Å². The van der Waals surface area contributed by atoms with Gasteiger partial charge in [0.1, 0.15) is 5.78 Å². The third-order valence-electron chi connectivity index (χ3n) is 7.17. The van der Waals surface area contributed by atoms with Gasteiger partial charge >= 0.3 is 5.97 Å². The van der Waals surface area contributed by atoms with Crippen molar-refractivity contribution in [1.29, 1.82) is 0 Å². The fourth-order valence-electron chi connectivity index (χ4n) is 5.00. The first-order chi connectivity index (χ1) is 10.2. The molecule has 0 aromatic carbocycles. The zero-order valence-corrected chi connectivity index (χ0v) is 13.6. The lowest BCUT2D eigenvalue weighted by molar-refractivity contribution is -0.153. The van der Waals surface area contributed by atoms with Crippen molar-refractivity contribution in [1.82, 2.24) is 4.90 Å². The Bertz CT molecular complexity index is 555. The molecule has 1 heterocycles. The molecule has 5 heteroatoms. The van der Waals surface area contributed by atoms with Gasteiger partial charge in [0.15, 0.2) is 0 Å². The second-order valence-corrected chi connectivity index (χ2v) is 8.07. The van der Waals surface area contributed by atoms with Crippen LogP contribution in [-0.2, 0) is 14.4 Å². The molecular formula is C17H25NO4. The summed E-state index contributed by atoms with van der Waals surface area (Å²) in [5.41, 5.74) is -1.39. The lowest BCUT2D eigenvalue weighted by atomic mass is 9.64. The second-order valence-electron chi connectivity index (χ2n) is 8.07. The number of aliphatic carboxylic acids is 1. The Morgan fingerprint density at radius 3 is 2.41 bits per heavy atom. The Balaban J connectivity index is 1.89. The van der Waals surface area contributed by atoms with Gasteiger partial charge in [-0.2, -0.15) is 0 Å². The first-order valence-corrected chi connectivity index (χ1v) is 8.21. The van der Waals surface area contributed by atoms with E-state index in [4.69, 9.17) is 0 Å². The predicted molar refractivity (Wildman–Crippen MR) is 80.1 cm³/mol. The summed E-state index contributed by atoms with van der Waals surface area (Å²) in [5.74, 6) is -1.09. The molecule has 0 spiro atoms. The van der Waals surface area contributed by atoms with Crippen LogP contribution in [0.25, 0.3) is 0 Å². The van der Waals surface area contributed by atoms with Crippen LogP contribution in [-0.4, -0.2) is 40.8 Å². The van der Waals surface area contributed by atoms with Crippen LogP contribution in [0.1, 0.15) is 52.9 Å². The minimum atomic E-state index is -0.826. The monoisotopic (exact) mass is 307 g/mol. The van der Waals surface area contributed by atoms with Crippen molar-refractivity contribution in [2.75, 3.05) is 13.1 Å².